The van der Waals surface area contributed by atoms with Gasteiger partial charge in [0.15, 0.2) is 5.82 Å². The summed E-state index contributed by atoms with van der Waals surface area (Å²) in [6.07, 6.45) is 8.30. The second-order valence-electron chi connectivity index (χ2n) is 4.98. The Morgan fingerprint density at radius 3 is 2.80 bits per heavy atom. The Kier molecular flexibility index (Phi) is 4.10. The van der Waals surface area contributed by atoms with Gasteiger partial charge in [-0.2, -0.15) is 10.1 Å². The summed E-state index contributed by atoms with van der Waals surface area (Å²) < 4.78 is 5.28. The molecule has 0 aromatic carbocycles. The van der Waals surface area contributed by atoms with Gasteiger partial charge in [-0.25, -0.2) is 0 Å². The summed E-state index contributed by atoms with van der Waals surface area (Å²) in [5.74, 6) is 2.33. The van der Waals surface area contributed by atoms with Crippen molar-refractivity contribution in [2.45, 2.75) is 32.2 Å². The van der Waals surface area contributed by atoms with Crippen LogP contribution in [0.2, 0.25) is 0 Å². The Morgan fingerprint density at radius 1 is 1.20 bits per heavy atom. The monoisotopic (exact) mass is 273 g/mol. The smallest absolute Gasteiger partial charge is 0.247 e. The molecular weight excluding hydrogens is 254 g/mol. The first-order chi connectivity index (χ1) is 9.92. The van der Waals surface area contributed by atoms with Crippen LogP contribution in [-0.4, -0.2) is 28.3 Å². The summed E-state index contributed by atoms with van der Waals surface area (Å²) in [5.41, 5.74) is 0. The van der Waals surface area contributed by atoms with E-state index in [0.29, 0.717) is 6.54 Å². The van der Waals surface area contributed by atoms with E-state index in [4.69, 9.17) is 4.42 Å². The predicted molar refractivity (Wildman–Crippen MR) is 76.5 cm³/mol. The zero-order valence-electron chi connectivity index (χ0n) is 11.5. The minimum Gasteiger partial charge on any atom is -0.467 e. The molecular formula is C14H19N5O. The van der Waals surface area contributed by atoms with Gasteiger partial charge in [-0.05, 0) is 25.0 Å². The lowest BCUT2D eigenvalue weighted by molar-refractivity contribution is 0.517. The molecule has 1 saturated heterocycles. The lowest BCUT2D eigenvalue weighted by Gasteiger charge is -2.19. The fourth-order valence-corrected chi connectivity index (χ4v) is 2.37. The van der Waals surface area contributed by atoms with Crippen molar-refractivity contribution in [1.82, 2.24) is 15.2 Å². The number of anilines is 2. The second-order valence-corrected chi connectivity index (χ2v) is 4.98. The Labute approximate surface area is 118 Å². The van der Waals surface area contributed by atoms with Crippen LogP contribution in [0.25, 0.3) is 0 Å². The van der Waals surface area contributed by atoms with Crippen molar-refractivity contribution in [3.8, 4) is 0 Å². The van der Waals surface area contributed by atoms with Gasteiger partial charge in [0.1, 0.15) is 5.76 Å². The quantitative estimate of drug-likeness (QED) is 0.923. The van der Waals surface area contributed by atoms with Crippen LogP contribution in [-0.2, 0) is 6.54 Å². The number of rotatable bonds is 4. The molecule has 0 bridgehead atoms. The molecule has 2 aromatic rings. The Bertz CT molecular complexity index is 520. The van der Waals surface area contributed by atoms with Gasteiger partial charge in [0.25, 0.3) is 0 Å². The van der Waals surface area contributed by atoms with Gasteiger partial charge in [-0.3, -0.25) is 0 Å². The largest absolute Gasteiger partial charge is 0.467 e. The predicted octanol–water partition coefficient (Wildman–Crippen LogP) is 2.46. The van der Waals surface area contributed by atoms with Gasteiger partial charge in [0, 0.05) is 13.1 Å². The Hall–Kier alpha value is -2.11. The SMILES string of the molecule is c1coc(CNc2cnnc(N3CCCCCC3)n2)c1. The highest BCUT2D eigenvalue weighted by molar-refractivity contribution is 5.39. The normalized spacial score (nSPS) is 15.9. The first-order valence-corrected chi connectivity index (χ1v) is 7.13. The van der Waals surface area contributed by atoms with Crippen LogP contribution in [0.3, 0.4) is 0 Å². The zero-order valence-corrected chi connectivity index (χ0v) is 11.5. The molecule has 0 amide bonds. The molecule has 6 nitrogen and oxygen atoms in total. The average Bonchev–Trinajstić information content (AvgIpc) is 2.86. The summed E-state index contributed by atoms with van der Waals surface area (Å²) in [5, 5.41) is 11.4. The number of aromatic nitrogens is 3. The highest BCUT2D eigenvalue weighted by atomic mass is 16.3. The molecule has 6 heteroatoms. The van der Waals surface area contributed by atoms with Crippen LogP contribution in [0.4, 0.5) is 11.8 Å². The Balaban J connectivity index is 1.65. The van der Waals surface area contributed by atoms with E-state index in [1.807, 2.05) is 12.1 Å². The van der Waals surface area contributed by atoms with Crippen LogP contribution in [0.1, 0.15) is 31.4 Å². The number of nitrogens with one attached hydrogen (secondary N) is 1. The Morgan fingerprint density at radius 2 is 2.05 bits per heavy atom. The van der Waals surface area contributed by atoms with Gasteiger partial charge < -0.3 is 14.6 Å². The molecule has 0 saturated carbocycles. The lowest BCUT2D eigenvalue weighted by atomic mass is 10.2. The molecule has 0 aliphatic carbocycles. The van der Waals surface area contributed by atoms with Crippen LogP contribution in [0, 0.1) is 0 Å². The van der Waals surface area contributed by atoms with Gasteiger partial charge in [0.2, 0.25) is 5.95 Å². The molecule has 0 spiro atoms. The fraction of sp³-hybridized carbons (Fsp3) is 0.500. The molecule has 106 valence electrons. The number of nitrogens with zero attached hydrogens (tertiary/aromatic N) is 4. The second kappa shape index (κ2) is 6.36. The minimum absolute atomic E-state index is 0.602. The first kappa shape index (κ1) is 12.9. The maximum atomic E-state index is 5.28. The third-order valence-corrected chi connectivity index (χ3v) is 3.46. The van der Waals surface area contributed by atoms with Crippen molar-refractivity contribution in [3.05, 3.63) is 30.4 Å². The van der Waals surface area contributed by atoms with Crippen LogP contribution >= 0.6 is 0 Å². The van der Waals surface area contributed by atoms with E-state index in [1.54, 1.807) is 12.5 Å². The van der Waals surface area contributed by atoms with Crippen LogP contribution < -0.4 is 10.2 Å². The molecule has 0 radical (unpaired) electrons. The molecule has 1 aliphatic rings. The molecule has 1 fully saturated rings. The number of furan rings is 1. The van der Waals surface area contributed by atoms with E-state index in [9.17, 15) is 0 Å². The third-order valence-electron chi connectivity index (χ3n) is 3.46. The number of hydrogen-bond donors (Lipinski definition) is 1. The summed E-state index contributed by atoms with van der Waals surface area (Å²) >= 11 is 0. The lowest BCUT2D eigenvalue weighted by Crippen LogP contribution is -2.26. The van der Waals surface area contributed by atoms with Crippen molar-refractivity contribution in [3.63, 3.8) is 0 Å². The highest BCUT2D eigenvalue weighted by Crippen LogP contribution is 2.16. The van der Waals surface area contributed by atoms with Gasteiger partial charge in [-0.1, -0.05) is 12.8 Å². The van der Waals surface area contributed by atoms with Gasteiger partial charge in [0.05, 0.1) is 19.0 Å². The van der Waals surface area contributed by atoms with Gasteiger partial charge in [-0.15, -0.1) is 5.10 Å². The minimum atomic E-state index is 0.602. The molecule has 3 heterocycles. The van der Waals surface area contributed by atoms with Crippen molar-refractivity contribution in [2.75, 3.05) is 23.3 Å². The van der Waals surface area contributed by atoms with Gasteiger partial charge >= 0.3 is 0 Å². The van der Waals surface area contributed by atoms with E-state index in [1.165, 1.54) is 25.7 Å². The average molecular weight is 273 g/mol. The zero-order chi connectivity index (χ0) is 13.6. The molecule has 0 unspecified atom stereocenters. The third kappa shape index (κ3) is 3.26. The fourth-order valence-electron chi connectivity index (χ4n) is 2.37. The van der Waals surface area contributed by atoms with E-state index >= 15 is 0 Å². The molecule has 0 atom stereocenters. The van der Waals surface area contributed by atoms with E-state index in [-0.39, 0.29) is 0 Å². The molecule has 2 aromatic heterocycles. The van der Waals surface area contributed by atoms with E-state index in [2.05, 4.69) is 25.4 Å². The standard InChI is InChI=1S/C14H19N5O/c1-2-4-8-19(7-3-1)14-17-13(11-16-18-14)15-10-12-6-5-9-20-12/h5-6,9,11H,1-4,7-8,10H2,(H,15,17,18). The highest BCUT2D eigenvalue weighted by Gasteiger charge is 2.13. The maximum absolute atomic E-state index is 5.28. The van der Waals surface area contributed by atoms with Crippen molar-refractivity contribution >= 4 is 11.8 Å². The molecule has 1 aliphatic heterocycles. The van der Waals surface area contributed by atoms with Crippen molar-refractivity contribution in [1.29, 1.82) is 0 Å². The molecule has 20 heavy (non-hydrogen) atoms. The summed E-state index contributed by atoms with van der Waals surface area (Å²) in [6, 6.07) is 3.80. The van der Waals surface area contributed by atoms with Crippen LogP contribution in [0.15, 0.2) is 29.0 Å². The maximum Gasteiger partial charge on any atom is 0.247 e. The topological polar surface area (TPSA) is 67.1 Å². The van der Waals surface area contributed by atoms with E-state index < -0.39 is 0 Å². The summed E-state index contributed by atoms with van der Waals surface area (Å²) in [4.78, 5) is 6.76. The summed E-state index contributed by atoms with van der Waals surface area (Å²) in [7, 11) is 0. The van der Waals surface area contributed by atoms with E-state index in [0.717, 1.165) is 30.6 Å². The van der Waals surface area contributed by atoms with Crippen molar-refractivity contribution < 1.29 is 4.42 Å². The summed E-state index contributed by atoms with van der Waals surface area (Å²) in [6.45, 7) is 2.64. The first-order valence-electron chi connectivity index (χ1n) is 7.13. The molecule has 3 rings (SSSR count). The van der Waals surface area contributed by atoms with Crippen LogP contribution in [0.5, 0.6) is 0 Å². The number of hydrogen-bond acceptors (Lipinski definition) is 6. The van der Waals surface area contributed by atoms with Crippen molar-refractivity contribution in [2.24, 2.45) is 0 Å². The molecule has 1 N–H and O–H groups in total.